The van der Waals surface area contributed by atoms with Gasteiger partial charge in [0, 0.05) is 0 Å². The van der Waals surface area contributed by atoms with Gasteiger partial charge in [-0.15, -0.1) is 10.2 Å². The summed E-state index contributed by atoms with van der Waals surface area (Å²) in [5, 5.41) is 13.9. The van der Waals surface area contributed by atoms with Crippen LogP contribution in [0.5, 0.6) is 11.5 Å². The summed E-state index contributed by atoms with van der Waals surface area (Å²) < 4.78 is 13.5. The molecule has 0 fully saturated rings. The van der Waals surface area contributed by atoms with Crippen LogP contribution in [0.4, 0.5) is 0 Å². The SMILES string of the molecule is C(=Cc1nn2c(C3COc4ccccc4O3)nnc2s1)c1ccccc1. The van der Waals surface area contributed by atoms with E-state index in [2.05, 4.69) is 15.3 Å². The van der Waals surface area contributed by atoms with Crippen molar-refractivity contribution in [1.82, 2.24) is 19.8 Å². The first-order chi connectivity index (χ1) is 12.9. The van der Waals surface area contributed by atoms with Gasteiger partial charge in [-0.2, -0.15) is 9.61 Å². The Bertz CT molecular complexity index is 1090. The largest absolute Gasteiger partial charge is 0.485 e. The number of rotatable bonds is 3. The van der Waals surface area contributed by atoms with E-state index in [1.165, 1.54) is 11.3 Å². The summed E-state index contributed by atoms with van der Waals surface area (Å²) in [6.45, 7) is 0.379. The molecule has 2 aromatic carbocycles. The highest BCUT2D eigenvalue weighted by Gasteiger charge is 2.27. The number of fused-ring (bicyclic) bond motifs is 2. The molecule has 128 valence electrons. The fourth-order valence-corrected chi connectivity index (χ4v) is 3.54. The lowest BCUT2D eigenvalue weighted by Gasteiger charge is -2.24. The molecule has 0 N–H and O–H groups in total. The molecule has 1 aliphatic rings. The van der Waals surface area contributed by atoms with E-state index in [1.807, 2.05) is 66.7 Å². The Morgan fingerprint density at radius 3 is 2.65 bits per heavy atom. The molecule has 0 radical (unpaired) electrons. The summed E-state index contributed by atoms with van der Waals surface area (Å²) in [5.74, 6) is 2.10. The number of hydrogen-bond acceptors (Lipinski definition) is 6. The van der Waals surface area contributed by atoms with Gasteiger partial charge in [-0.1, -0.05) is 59.9 Å². The zero-order valence-electron chi connectivity index (χ0n) is 13.6. The van der Waals surface area contributed by atoms with Crippen LogP contribution < -0.4 is 9.47 Å². The molecule has 0 saturated carbocycles. The van der Waals surface area contributed by atoms with Gasteiger partial charge in [-0.3, -0.25) is 0 Å². The first kappa shape index (κ1) is 15.1. The van der Waals surface area contributed by atoms with E-state index in [0.29, 0.717) is 18.2 Å². The van der Waals surface area contributed by atoms with Crippen molar-refractivity contribution in [2.75, 3.05) is 6.61 Å². The van der Waals surface area contributed by atoms with Gasteiger partial charge in [0.05, 0.1) is 0 Å². The maximum atomic E-state index is 6.02. The van der Waals surface area contributed by atoms with Crippen LogP contribution in [0.1, 0.15) is 22.5 Å². The molecular weight excluding hydrogens is 348 g/mol. The molecule has 0 bridgehead atoms. The molecule has 3 heterocycles. The molecule has 0 spiro atoms. The molecule has 4 aromatic rings. The zero-order chi connectivity index (χ0) is 17.3. The second-order valence-electron chi connectivity index (χ2n) is 5.80. The summed E-state index contributed by atoms with van der Waals surface area (Å²) in [6.07, 6.45) is 3.67. The first-order valence-corrected chi connectivity index (χ1v) is 9.02. The normalized spacial score (nSPS) is 16.4. The molecule has 0 amide bonds. The van der Waals surface area contributed by atoms with Crippen LogP contribution in [-0.4, -0.2) is 26.4 Å². The highest BCUT2D eigenvalue weighted by Crippen LogP contribution is 2.35. The maximum Gasteiger partial charge on any atom is 0.235 e. The fourth-order valence-electron chi connectivity index (χ4n) is 2.79. The molecular formula is C19H14N4O2S. The quantitative estimate of drug-likeness (QED) is 0.554. The Morgan fingerprint density at radius 1 is 0.962 bits per heavy atom. The summed E-state index contributed by atoms with van der Waals surface area (Å²) in [5.41, 5.74) is 1.12. The van der Waals surface area contributed by atoms with Crippen molar-refractivity contribution in [3.63, 3.8) is 0 Å². The number of hydrogen-bond donors (Lipinski definition) is 0. The van der Waals surface area contributed by atoms with Crippen molar-refractivity contribution < 1.29 is 9.47 Å². The lowest BCUT2D eigenvalue weighted by atomic mass is 10.2. The van der Waals surface area contributed by atoms with Gasteiger partial charge in [0.25, 0.3) is 0 Å². The van der Waals surface area contributed by atoms with Crippen LogP contribution in [0.25, 0.3) is 17.1 Å². The van der Waals surface area contributed by atoms with Gasteiger partial charge in [0.2, 0.25) is 4.96 Å². The van der Waals surface area contributed by atoms with Gasteiger partial charge in [0.15, 0.2) is 23.4 Å². The number of para-hydroxylation sites is 2. The van der Waals surface area contributed by atoms with Gasteiger partial charge in [-0.05, 0) is 23.8 Å². The second kappa shape index (κ2) is 6.27. The minimum absolute atomic E-state index is 0.340. The molecule has 6 nitrogen and oxygen atoms in total. The van der Waals surface area contributed by atoms with Crippen LogP contribution >= 0.6 is 11.3 Å². The Morgan fingerprint density at radius 2 is 1.77 bits per heavy atom. The number of nitrogens with zero attached hydrogens (tertiary/aromatic N) is 4. The molecule has 2 aromatic heterocycles. The summed E-state index contributed by atoms with van der Waals surface area (Å²) >= 11 is 1.48. The average molecular weight is 362 g/mol. The zero-order valence-corrected chi connectivity index (χ0v) is 14.5. The third-order valence-corrected chi connectivity index (χ3v) is 4.91. The smallest absolute Gasteiger partial charge is 0.235 e. The van der Waals surface area contributed by atoms with E-state index in [-0.39, 0.29) is 6.10 Å². The fraction of sp³-hybridized carbons (Fsp3) is 0.105. The summed E-state index contributed by atoms with van der Waals surface area (Å²) in [4.78, 5) is 0.732. The monoisotopic (exact) mass is 362 g/mol. The highest BCUT2D eigenvalue weighted by atomic mass is 32.1. The Kier molecular flexibility index (Phi) is 3.64. The number of benzene rings is 2. The third-order valence-electron chi connectivity index (χ3n) is 4.05. The number of ether oxygens (including phenoxy) is 2. The predicted octanol–water partition coefficient (Wildman–Crippen LogP) is 3.87. The molecule has 1 atom stereocenters. The summed E-state index contributed by atoms with van der Waals surface area (Å²) in [7, 11) is 0. The van der Waals surface area contributed by atoms with E-state index in [9.17, 15) is 0 Å². The van der Waals surface area contributed by atoms with Crippen LogP contribution in [0.15, 0.2) is 54.6 Å². The van der Waals surface area contributed by atoms with Gasteiger partial charge in [0.1, 0.15) is 11.6 Å². The van der Waals surface area contributed by atoms with Gasteiger partial charge in [-0.25, -0.2) is 0 Å². The lowest BCUT2D eigenvalue weighted by molar-refractivity contribution is 0.0836. The average Bonchev–Trinajstić information content (AvgIpc) is 3.27. The summed E-state index contributed by atoms with van der Waals surface area (Å²) in [6, 6.07) is 17.7. The van der Waals surface area contributed by atoms with Crippen LogP contribution in [0.3, 0.4) is 0 Å². The molecule has 5 rings (SSSR count). The molecule has 7 heteroatoms. The van der Waals surface area contributed by atoms with E-state index in [1.54, 1.807) is 4.52 Å². The second-order valence-corrected chi connectivity index (χ2v) is 6.79. The minimum atomic E-state index is -0.340. The van der Waals surface area contributed by atoms with E-state index < -0.39 is 0 Å². The lowest BCUT2D eigenvalue weighted by Crippen LogP contribution is -2.23. The molecule has 0 saturated heterocycles. The highest BCUT2D eigenvalue weighted by molar-refractivity contribution is 7.17. The predicted molar refractivity (Wildman–Crippen MR) is 99.3 cm³/mol. The van der Waals surface area contributed by atoms with E-state index >= 15 is 0 Å². The van der Waals surface area contributed by atoms with Gasteiger partial charge < -0.3 is 9.47 Å². The van der Waals surface area contributed by atoms with E-state index in [0.717, 1.165) is 21.3 Å². The maximum absolute atomic E-state index is 6.02. The molecule has 26 heavy (non-hydrogen) atoms. The topological polar surface area (TPSA) is 61.5 Å². The van der Waals surface area contributed by atoms with Crippen LogP contribution in [-0.2, 0) is 0 Å². The Hall–Kier alpha value is -3.19. The van der Waals surface area contributed by atoms with Crippen molar-refractivity contribution in [3.05, 3.63) is 71.0 Å². The Balaban J connectivity index is 1.43. The van der Waals surface area contributed by atoms with Crippen molar-refractivity contribution in [2.24, 2.45) is 0 Å². The van der Waals surface area contributed by atoms with Crippen molar-refractivity contribution in [2.45, 2.75) is 6.10 Å². The van der Waals surface area contributed by atoms with Gasteiger partial charge >= 0.3 is 0 Å². The first-order valence-electron chi connectivity index (χ1n) is 8.20. The van der Waals surface area contributed by atoms with Crippen LogP contribution in [0, 0.1) is 0 Å². The van der Waals surface area contributed by atoms with Crippen LogP contribution in [0.2, 0.25) is 0 Å². The minimum Gasteiger partial charge on any atom is -0.485 e. The Labute approximate surface area is 153 Å². The molecule has 1 aliphatic heterocycles. The van der Waals surface area contributed by atoms with E-state index in [4.69, 9.17) is 9.47 Å². The molecule has 1 unspecified atom stereocenters. The van der Waals surface area contributed by atoms with Crippen molar-refractivity contribution >= 4 is 28.4 Å². The standard InChI is InChI=1S/C19H14N4O2S/c1-2-6-13(7-3-1)10-11-17-22-23-18(20-21-19(23)26-17)16-12-24-14-8-4-5-9-15(14)25-16/h1-11,16H,12H2. The number of aromatic nitrogens is 4. The molecule has 0 aliphatic carbocycles. The third kappa shape index (κ3) is 2.72. The van der Waals surface area contributed by atoms with Crippen molar-refractivity contribution in [3.8, 4) is 11.5 Å². The van der Waals surface area contributed by atoms with Crippen molar-refractivity contribution in [1.29, 1.82) is 0 Å².